The van der Waals surface area contributed by atoms with Crippen LogP contribution in [0.15, 0.2) is 23.4 Å². The summed E-state index contributed by atoms with van der Waals surface area (Å²) in [5.41, 5.74) is 1.37. The van der Waals surface area contributed by atoms with Crippen molar-refractivity contribution in [1.82, 2.24) is 0 Å². The molecule has 3 rings (SSSR count). The molecule has 1 aliphatic carbocycles. The van der Waals surface area contributed by atoms with Crippen LogP contribution in [0.5, 0.6) is 5.75 Å². The molecule has 2 aliphatic rings. The number of hydrogen-bond acceptors (Lipinski definition) is 3. The van der Waals surface area contributed by atoms with Crippen molar-refractivity contribution >= 4 is 5.71 Å². The van der Waals surface area contributed by atoms with E-state index in [1.807, 2.05) is 0 Å². The lowest BCUT2D eigenvalue weighted by atomic mass is 9.74. The van der Waals surface area contributed by atoms with Crippen LogP contribution in [-0.2, 0) is 4.84 Å². The van der Waals surface area contributed by atoms with Crippen LogP contribution >= 0.6 is 0 Å². The minimum atomic E-state index is -0.277. The number of rotatable bonds is 1. The molecule has 1 aromatic rings. The molecule has 4 heteroatoms. The number of benzene rings is 1. The maximum absolute atomic E-state index is 13.2. The fraction of sp³-hybridized carbons (Fsp3) is 0.462. The third kappa shape index (κ3) is 1.68. The summed E-state index contributed by atoms with van der Waals surface area (Å²) in [7, 11) is 1.51. The molecule has 0 bridgehead atoms. The van der Waals surface area contributed by atoms with Gasteiger partial charge in [0.05, 0.1) is 5.71 Å². The van der Waals surface area contributed by atoms with Gasteiger partial charge in [-0.1, -0.05) is 5.16 Å². The Bertz CT molecular complexity index is 480. The van der Waals surface area contributed by atoms with E-state index in [0.717, 1.165) is 18.6 Å². The Morgan fingerprint density at radius 1 is 1.41 bits per heavy atom. The molecule has 0 N–H and O–H groups in total. The Hall–Kier alpha value is -1.58. The van der Waals surface area contributed by atoms with E-state index in [-0.39, 0.29) is 11.4 Å². The fourth-order valence-electron chi connectivity index (χ4n) is 2.53. The lowest BCUT2D eigenvalue weighted by Gasteiger charge is -2.45. The van der Waals surface area contributed by atoms with Crippen LogP contribution in [0, 0.1) is 5.82 Å². The molecule has 1 spiro atoms. The second kappa shape index (κ2) is 3.72. The van der Waals surface area contributed by atoms with Crippen LogP contribution in [0.2, 0.25) is 0 Å². The van der Waals surface area contributed by atoms with Gasteiger partial charge in [-0.05, 0) is 37.5 Å². The first kappa shape index (κ1) is 10.6. The highest BCUT2D eigenvalue weighted by Gasteiger charge is 2.44. The Morgan fingerprint density at radius 2 is 2.24 bits per heavy atom. The molecule has 0 atom stereocenters. The summed E-state index contributed by atoms with van der Waals surface area (Å²) in [6, 6.07) is 4.55. The van der Waals surface area contributed by atoms with Crippen molar-refractivity contribution in [1.29, 1.82) is 0 Å². The maximum atomic E-state index is 13.2. The van der Waals surface area contributed by atoms with Gasteiger partial charge >= 0.3 is 0 Å². The first-order chi connectivity index (χ1) is 8.22. The molecule has 1 saturated carbocycles. The van der Waals surface area contributed by atoms with E-state index in [2.05, 4.69) is 5.16 Å². The second-order valence-corrected chi connectivity index (χ2v) is 4.68. The van der Waals surface area contributed by atoms with Crippen molar-refractivity contribution in [2.45, 2.75) is 31.3 Å². The lowest BCUT2D eigenvalue weighted by Crippen LogP contribution is -2.47. The van der Waals surface area contributed by atoms with E-state index in [1.165, 1.54) is 25.7 Å². The largest absolute Gasteiger partial charge is 0.486 e. The smallest absolute Gasteiger partial charge is 0.129 e. The van der Waals surface area contributed by atoms with E-state index in [9.17, 15) is 4.39 Å². The van der Waals surface area contributed by atoms with Crippen molar-refractivity contribution in [2.75, 3.05) is 7.11 Å². The molecule has 0 saturated heterocycles. The highest BCUT2D eigenvalue weighted by Crippen LogP contribution is 2.45. The Balaban J connectivity index is 2.06. The van der Waals surface area contributed by atoms with Crippen molar-refractivity contribution in [2.24, 2.45) is 5.16 Å². The summed E-state index contributed by atoms with van der Waals surface area (Å²) < 4.78 is 19.2. The average Bonchev–Trinajstić information content (AvgIpc) is 2.28. The molecule has 0 unspecified atom stereocenters. The minimum absolute atomic E-state index is 0.123. The van der Waals surface area contributed by atoms with Crippen LogP contribution in [-0.4, -0.2) is 18.4 Å². The molecule has 0 aromatic heterocycles. The van der Waals surface area contributed by atoms with Crippen LogP contribution in [0.4, 0.5) is 4.39 Å². The summed E-state index contributed by atoms with van der Waals surface area (Å²) >= 11 is 0. The summed E-state index contributed by atoms with van der Waals surface area (Å²) in [6.07, 6.45) is 3.95. The van der Waals surface area contributed by atoms with Gasteiger partial charge in [-0.3, -0.25) is 0 Å². The van der Waals surface area contributed by atoms with Gasteiger partial charge in [-0.15, -0.1) is 0 Å². The van der Waals surface area contributed by atoms with E-state index in [0.29, 0.717) is 17.7 Å². The van der Waals surface area contributed by atoms with Crippen LogP contribution in [0.25, 0.3) is 0 Å². The first-order valence-corrected chi connectivity index (χ1v) is 5.81. The number of halogens is 1. The Kier molecular flexibility index (Phi) is 2.31. The van der Waals surface area contributed by atoms with E-state index in [1.54, 1.807) is 6.07 Å². The van der Waals surface area contributed by atoms with Crippen LogP contribution < -0.4 is 4.74 Å². The quantitative estimate of drug-likeness (QED) is 0.701. The molecule has 1 fully saturated rings. The van der Waals surface area contributed by atoms with Gasteiger partial charge < -0.3 is 9.57 Å². The molecule has 17 heavy (non-hydrogen) atoms. The molecule has 1 heterocycles. The van der Waals surface area contributed by atoms with Crippen molar-refractivity contribution in [3.05, 3.63) is 29.6 Å². The topological polar surface area (TPSA) is 30.8 Å². The molecule has 1 aliphatic heterocycles. The number of nitrogens with zero attached hydrogens (tertiary/aromatic N) is 1. The first-order valence-electron chi connectivity index (χ1n) is 5.81. The molecule has 0 amide bonds. The SMILES string of the molecule is CON=C1CC2(CCC2)Oc2ccc(F)cc21. The van der Waals surface area contributed by atoms with E-state index in [4.69, 9.17) is 9.57 Å². The molecule has 0 radical (unpaired) electrons. The average molecular weight is 235 g/mol. The number of oxime groups is 1. The molecule has 1 aromatic carbocycles. The van der Waals surface area contributed by atoms with Gasteiger partial charge in [0.2, 0.25) is 0 Å². The Morgan fingerprint density at radius 3 is 2.88 bits per heavy atom. The van der Waals surface area contributed by atoms with E-state index >= 15 is 0 Å². The summed E-state index contributed by atoms with van der Waals surface area (Å²) in [6.45, 7) is 0. The summed E-state index contributed by atoms with van der Waals surface area (Å²) in [5.74, 6) is 0.439. The number of fused-ring (bicyclic) bond motifs is 1. The summed E-state index contributed by atoms with van der Waals surface area (Å²) in [5, 5.41) is 4.01. The minimum Gasteiger partial charge on any atom is -0.486 e. The zero-order chi connectivity index (χ0) is 11.9. The normalized spacial score (nSPS) is 22.8. The van der Waals surface area contributed by atoms with E-state index < -0.39 is 0 Å². The van der Waals surface area contributed by atoms with Crippen molar-refractivity contribution in [3.63, 3.8) is 0 Å². The number of ether oxygens (including phenoxy) is 1. The predicted octanol–water partition coefficient (Wildman–Crippen LogP) is 2.88. The van der Waals surface area contributed by atoms with Gasteiger partial charge in [0.25, 0.3) is 0 Å². The lowest BCUT2D eigenvalue weighted by molar-refractivity contribution is -0.00579. The summed E-state index contributed by atoms with van der Waals surface area (Å²) in [4.78, 5) is 4.85. The molecule has 3 nitrogen and oxygen atoms in total. The van der Waals surface area contributed by atoms with Gasteiger partial charge in [-0.25, -0.2) is 4.39 Å². The highest BCUT2D eigenvalue weighted by molar-refractivity contribution is 6.04. The standard InChI is InChI=1S/C13H14FNO2/c1-16-15-11-8-13(5-2-6-13)17-12-4-3-9(14)7-10(11)12/h3-4,7H,2,5-6,8H2,1H3. The molecular weight excluding hydrogens is 221 g/mol. The fourth-order valence-corrected chi connectivity index (χ4v) is 2.53. The zero-order valence-electron chi connectivity index (χ0n) is 9.70. The highest BCUT2D eigenvalue weighted by atomic mass is 19.1. The Labute approximate surface area is 99.2 Å². The van der Waals surface area contributed by atoms with Crippen LogP contribution in [0.3, 0.4) is 0 Å². The van der Waals surface area contributed by atoms with Crippen molar-refractivity contribution in [3.8, 4) is 5.75 Å². The predicted molar refractivity (Wildman–Crippen MR) is 61.8 cm³/mol. The third-order valence-electron chi connectivity index (χ3n) is 3.53. The molecule has 90 valence electrons. The molecular formula is C13H14FNO2. The van der Waals surface area contributed by atoms with Gasteiger partial charge in [0.15, 0.2) is 0 Å². The van der Waals surface area contributed by atoms with Gasteiger partial charge in [0, 0.05) is 12.0 Å². The van der Waals surface area contributed by atoms with Crippen LogP contribution in [0.1, 0.15) is 31.2 Å². The van der Waals surface area contributed by atoms with Crippen molar-refractivity contribution < 1.29 is 14.0 Å². The second-order valence-electron chi connectivity index (χ2n) is 4.68. The maximum Gasteiger partial charge on any atom is 0.129 e. The number of hydrogen-bond donors (Lipinski definition) is 0. The third-order valence-corrected chi connectivity index (χ3v) is 3.53. The zero-order valence-corrected chi connectivity index (χ0v) is 9.70. The monoisotopic (exact) mass is 235 g/mol. The van der Waals surface area contributed by atoms with Gasteiger partial charge in [-0.2, -0.15) is 0 Å². The van der Waals surface area contributed by atoms with Gasteiger partial charge in [0.1, 0.15) is 24.3 Å².